The van der Waals surface area contributed by atoms with Crippen molar-refractivity contribution in [1.29, 1.82) is 0 Å². The highest BCUT2D eigenvalue weighted by atomic mass is 35.5. The van der Waals surface area contributed by atoms with Gasteiger partial charge in [0.1, 0.15) is 0 Å². The van der Waals surface area contributed by atoms with Crippen LogP contribution in [0.5, 0.6) is 0 Å². The van der Waals surface area contributed by atoms with Crippen molar-refractivity contribution in [3.05, 3.63) is 35.9 Å². The van der Waals surface area contributed by atoms with Crippen molar-refractivity contribution in [3.63, 3.8) is 0 Å². The Balaban J connectivity index is 2.20. The van der Waals surface area contributed by atoms with Gasteiger partial charge in [0.05, 0.1) is 29.5 Å². The van der Waals surface area contributed by atoms with Crippen molar-refractivity contribution < 1.29 is 4.79 Å². The van der Waals surface area contributed by atoms with Crippen LogP contribution in [0.4, 0.5) is 5.69 Å². The summed E-state index contributed by atoms with van der Waals surface area (Å²) in [5.74, 6) is 0.282. The van der Waals surface area contributed by atoms with Gasteiger partial charge in [-0.15, -0.1) is 0 Å². The first-order valence-electron chi connectivity index (χ1n) is 5.15. The first-order chi connectivity index (χ1) is 8.70. The summed E-state index contributed by atoms with van der Waals surface area (Å²) in [6.07, 6.45) is 6.87. The minimum atomic E-state index is -0.102. The summed E-state index contributed by atoms with van der Waals surface area (Å²) in [6, 6.07) is 3.65. The lowest BCUT2D eigenvalue weighted by Gasteiger charge is -2.00. The van der Waals surface area contributed by atoms with Crippen molar-refractivity contribution in [2.24, 2.45) is 0 Å². The molecule has 0 fully saturated rings. The van der Waals surface area contributed by atoms with Crippen molar-refractivity contribution in [2.45, 2.75) is 0 Å². The molecule has 0 aliphatic heterocycles. The molecule has 0 atom stereocenters. The molecule has 0 unspecified atom stereocenters. The first-order valence-corrected chi connectivity index (χ1v) is 6.92. The van der Waals surface area contributed by atoms with Gasteiger partial charge in [-0.3, -0.25) is 9.78 Å². The lowest BCUT2D eigenvalue weighted by atomic mass is 10.4. The molecule has 0 radical (unpaired) electrons. The zero-order valence-corrected chi connectivity index (χ0v) is 11.2. The summed E-state index contributed by atoms with van der Waals surface area (Å²) in [7, 11) is 0. The Labute approximate surface area is 114 Å². The summed E-state index contributed by atoms with van der Waals surface area (Å²) < 4.78 is 1.57. The monoisotopic (exact) mass is 282 g/mol. The van der Waals surface area contributed by atoms with Gasteiger partial charge in [-0.05, 0) is 18.4 Å². The van der Waals surface area contributed by atoms with Gasteiger partial charge < -0.3 is 5.32 Å². The quantitative estimate of drug-likeness (QED) is 0.934. The average Bonchev–Trinajstić information content (AvgIpc) is 2.72. The molecule has 2 rings (SSSR count). The van der Waals surface area contributed by atoms with Crippen molar-refractivity contribution in [1.82, 2.24) is 14.8 Å². The Hall–Kier alpha value is -1.53. The predicted octanol–water partition coefficient (Wildman–Crippen LogP) is 2.22. The van der Waals surface area contributed by atoms with Crippen molar-refractivity contribution >= 4 is 35.0 Å². The summed E-state index contributed by atoms with van der Waals surface area (Å²) in [6.45, 7) is 0. The van der Waals surface area contributed by atoms with E-state index in [1.54, 1.807) is 29.3 Å². The zero-order chi connectivity index (χ0) is 13.0. The van der Waals surface area contributed by atoms with E-state index in [-0.39, 0.29) is 11.1 Å². The Morgan fingerprint density at radius 1 is 1.61 bits per heavy atom. The second kappa shape index (κ2) is 5.88. The predicted molar refractivity (Wildman–Crippen MR) is 73.4 cm³/mol. The van der Waals surface area contributed by atoms with E-state index in [0.717, 1.165) is 5.69 Å². The lowest BCUT2D eigenvalue weighted by molar-refractivity contribution is -0.113. The molecular formula is C11H11ClN4OS. The van der Waals surface area contributed by atoms with Gasteiger partial charge in [0.15, 0.2) is 5.15 Å². The second-order valence-corrected chi connectivity index (χ2v) is 4.69. The molecule has 0 bridgehead atoms. The molecule has 0 spiro atoms. The van der Waals surface area contributed by atoms with Crippen LogP contribution in [0.1, 0.15) is 0 Å². The number of nitrogens with zero attached hydrogens (tertiary/aromatic N) is 3. The molecule has 94 valence electrons. The van der Waals surface area contributed by atoms with Gasteiger partial charge in [-0.2, -0.15) is 16.9 Å². The Kier molecular flexibility index (Phi) is 4.22. The molecular weight excluding hydrogens is 272 g/mol. The summed E-state index contributed by atoms with van der Waals surface area (Å²) in [5, 5.41) is 7.08. The third kappa shape index (κ3) is 3.02. The van der Waals surface area contributed by atoms with Gasteiger partial charge in [0.2, 0.25) is 5.91 Å². The lowest BCUT2D eigenvalue weighted by Crippen LogP contribution is -2.13. The minimum Gasteiger partial charge on any atom is -0.321 e. The molecule has 0 aliphatic rings. The van der Waals surface area contributed by atoms with Crippen molar-refractivity contribution in [3.8, 4) is 5.69 Å². The number of carbonyl (C=O) groups is 1. The highest BCUT2D eigenvalue weighted by Gasteiger charge is 2.10. The first kappa shape index (κ1) is 12.9. The molecule has 1 amide bonds. The van der Waals surface area contributed by atoms with E-state index in [1.165, 1.54) is 11.8 Å². The molecule has 0 saturated carbocycles. The maximum absolute atomic E-state index is 11.5. The standard InChI is InChI=1S/C11H11ClN4OS/c1-18-7-10(17)14-9-6-16(15-11(9)12)8-3-2-4-13-5-8/h2-6H,7H2,1H3,(H,14,17). The van der Waals surface area contributed by atoms with E-state index in [4.69, 9.17) is 11.6 Å². The number of hydrogen-bond donors (Lipinski definition) is 1. The van der Waals surface area contributed by atoms with Crippen LogP contribution >= 0.6 is 23.4 Å². The molecule has 7 heteroatoms. The number of aromatic nitrogens is 3. The van der Waals surface area contributed by atoms with Crippen LogP contribution in [-0.4, -0.2) is 32.7 Å². The molecule has 2 aromatic heterocycles. The smallest absolute Gasteiger partial charge is 0.234 e. The normalized spacial score (nSPS) is 10.3. The fourth-order valence-corrected chi connectivity index (χ4v) is 1.89. The fourth-order valence-electron chi connectivity index (χ4n) is 1.38. The average molecular weight is 283 g/mol. The van der Waals surface area contributed by atoms with Gasteiger partial charge in [-0.25, -0.2) is 4.68 Å². The van der Waals surface area contributed by atoms with Crippen LogP contribution in [0.3, 0.4) is 0 Å². The summed E-state index contributed by atoms with van der Waals surface area (Å²) in [4.78, 5) is 15.5. The number of rotatable bonds is 4. The molecule has 0 saturated heterocycles. The number of nitrogens with one attached hydrogen (secondary N) is 1. The number of anilines is 1. The fraction of sp³-hybridized carbons (Fsp3) is 0.182. The van der Waals surface area contributed by atoms with Crippen LogP contribution < -0.4 is 5.32 Å². The number of hydrogen-bond acceptors (Lipinski definition) is 4. The van der Waals surface area contributed by atoms with E-state index < -0.39 is 0 Å². The summed E-state index contributed by atoms with van der Waals surface area (Å²) >= 11 is 7.41. The van der Waals surface area contributed by atoms with E-state index >= 15 is 0 Å². The number of carbonyl (C=O) groups excluding carboxylic acids is 1. The number of amides is 1. The number of pyridine rings is 1. The van der Waals surface area contributed by atoms with Crippen LogP contribution in [0, 0.1) is 0 Å². The van der Waals surface area contributed by atoms with E-state index in [2.05, 4.69) is 15.4 Å². The molecule has 1 N–H and O–H groups in total. The topological polar surface area (TPSA) is 59.8 Å². The van der Waals surface area contributed by atoms with Gasteiger partial charge in [0, 0.05) is 6.20 Å². The summed E-state index contributed by atoms with van der Waals surface area (Å²) in [5.41, 5.74) is 1.28. The van der Waals surface area contributed by atoms with Gasteiger partial charge >= 0.3 is 0 Å². The maximum atomic E-state index is 11.5. The largest absolute Gasteiger partial charge is 0.321 e. The maximum Gasteiger partial charge on any atom is 0.234 e. The highest BCUT2D eigenvalue weighted by molar-refractivity contribution is 7.99. The molecule has 18 heavy (non-hydrogen) atoms. The van der Waals surface area contributed by atoms with Crippen LogP contribution in [0.2, 0.25) is 5.15 Å². The molecule has 2 aromatic rings. The van der Waals surface area contributed by atoms with E-state index in [1.807, 2.05) is 12.3 Å². The number of thioether (sulfide) groups is 1. The zero-order valence-electron chi connectivity index (χ0n) is 9.63. The van der Waals surface area contributed by atoms with Crippen molar-refractivity contribution in [2.75, 3.05) is 17.3 Å². The molecule has 0 aromatic carbocycles. The third-order valence-electron chi connectivity index (χ3n) is 2.13. The molecule has 2 heterocycles. The van der Waals surface area contributed by atoms with Gasteiger partial charge in [0.25, 0.3) is 0 Å². The minimum absolute atomic E-state index is 0.102. The van der Waals surface area contributed by atoms with Crippen LogP contribution in [-0.2, 0) is 4.79 Å². The Morgan fingerprint density at radius 2 is 2.44 bits per heavy atom. The highest BCUT2D eigenvalue weighted by Crippen LogP contribution is 2.21. The second-order valence-electron chi connectivity index (χ2n) is 3.47. The third-order valence-corrected chi connectivity index (χ3v) is 2.96. The Bertz CT molecular complexity index is 543. The van der Waals surface area contributed by atoms with Gasteiger partial charge in [-0.1, -0.05) is 11.6 Å². The number of halogens is 1. The van der Waals surface area contributed by atoms with E-state index in [9.17, 15) is 4.79 Å². The molecule has 5 nitrogen and oxygen atoms in total. The van der Waals surface area contributed by atoms with Crippen LogP contribution in [0.25, 0.3) is 5.69 Å². The Morgan fingerprint density at radius 3 is 3.11 bits per heavy atom. The van der Waals surface area contributed by atoms with E-state index in [0.29, 0.717) is 11.4 Å². The SMILES string of the molecule is CSCC(=O)Nc1cn(-c2cccnc2)nc1Cl. The molecule has 0 aliphatic carbocycles. The van der Waals surface area contributed by atoms with Crippen LogP contribution in [0.15, 0.2) is 30.7 Å².